The lowest BCUT2D eigenvalue weighted by Gasteiger charge is -2.34. The van der Waals surface area contributed by atoms with Crippen molar-refractivity contribution in [2.45, 2.75) is 25.3 Å². The summed E-state index contributed by atoms with van der Waals surface area (Å²) in [4.78, 5) is 26.2. The van der Waals surface area contributed by atoms with E-state index in [0.29, 0.717) is 28.7 Å². The van der Waals surface area contributed by atoms with E-state index in [-0.39, 0.29) is 11.8 Å². The summed E-state index contributed by atoms with van der Waals surface area (Å²) in [7, 11) is 1.59. The minimum atomic E-state index is -0.394. The summed E-state index contributed by atoms with van der Waals surface area (Å²) >= 11 is 3.35. The van der Waals surface area contributed by atoms with Gasteiger partial charge in [-0.15, -0.1) is 0 Å². The van der Waals surface area contributed by atoms with Crippen molar-refractivity contribution in [3.8, 4) is 0 Å². The van der Waals surface area contributed by atoms with E-state index in [4.69, 9.17) is 5.73 Å². The Labute approximate surface area is 126 Å². The predicted octanol–water partition coefficient (Wildman–Crippen LogP) is 1.77. The number of likely N-dealkylation sites (tertiary alicyclic amines) is 1. The van der Waals surface area contributed by atoms with Crippen molar-refractivity contribution in [1.29, 1.82) is 0 Å². The number of piperidine rings is 1. The fraction of sp³-hybridized carbons (Fsp3) is 0.429. The highest BCUT2D eigenvalue weighted by Crippen LogP contribution is 2.27. The molecule has 0 saturated carbocycles. The first-order chi connectivity index (χ1) is 9.56. The van der Waals surface area contributed by atoms with Gasteiger partial charge in [-0.05, 0) is 47.3 Å². The van der Waals surface area contributed by atoms with E-state index in [9.17, 15) is 9.59 Å². The summed E-state index contributed by atoms with van der Waals surface area (Å²) in [5.41, 5.74) is 6.83. The number of carbonyl (C=O) groups is 2. The van der Waals surface area contributed by atoms with Crippen LogP contribution in [0.3, 0.4) is 0 Å². The number of likely N-dealkylation sites (N-methyl/N-ethyl adjacent to an activating group) is 1. The molecule has 20 heavy (non-hydrogen) atoms. The molecule has 6 heteroatoms. The van der Waals surface area contributed by atoms with Gasteiger partial charge < -0.3 is 16.0 Å². The monoisotopic (exact) mass is 339 g/mol. The molecule has 1 aromatic carbocycles. The normalized spacial score (nSPS) is 18.7. The minimum absolute atomic E-state index is 0.113. The summed E-state index contributed by atoms with van der Waals surface area (Å²) in [6, 6.07) is 4.80. The van der Waals surface area contributed by atoms with Gasteiger partial charge >= 0.3 is 0 Å². The molecule has 1 aliphatic heterocycles. The lowest BCUT2D eigenvalue weighted by Crippen LogP contribution is -2.51. The number of carbonyl (C=O) groups excluding carboxylic acids is 2. The number of amides is 2. The van der Waals surface area contributed by atoms with Gasteiger partial charge in [0.1, 0.15) is 6.04 Å². The van der Waals surface area contributed by atoms with E-state index >= 15 is 0 Å². The van der Waals surface area contributed by atoms with Crippen molar-refractivity contribution in [3.05, 3.63) is 28.2 Å². The molecule has 1 atom stereocenters. The molecule has 1 fully saturated rings. The number of nitrogens with two attached hydrogens (primary N) is 1. The van der Waals surface area contributed by atoms with Gasteiger partial charge in [-0.25, -0.2) is 0 Å². The maximum Gasteiger partial charge on any atom is 0.255 e. The second-order valence-corrected chi connectivity index (χ2v) is 5.63. The number of anilines is 1. The Balaban J connectivity index is 2.30. The molecule has 3 N–H and O–H groups in total. The SMILES string of the molecule is CNC(=O)C1CCCCN1C(=O)c1cccc(N)c1Br. The Bertz CT molecular complexity index is 533. The molecule has 5 nitrogen and oxygen atoms in total. The van der Waals surface area contributed by atoms with Gasteiger partial charge in [0.2, 0.25) is 5.91 Å². The number of nitrogens with one attached hydrogen (secondary N) is 1. The molecular formula is C14H18BrN3O2. The van der Waals surface area contributed by atoms with Crippen molar-refractivity contribution >= 4 is 33.4 Å². The zero-order chi connectivity index (χ0) is 14.7. The Morgan fingerprint density at radius 1 is 1.40 bits per heavy atom. The molecule has 1 saturated heterocycles. The quantitative estimate of drug-likeness (QED) is 0.806. The van der Waals surface area contributed by atoms with Crippen molar-refractivity contribution in [2.24, 2.45) is 0 Å². The maximum absolute atomic E-state index is 12.7. The number of benzene rings is 1. The average molecular weight is 340 g/mol. The number of rotatable bonds is 2. The van der Waals surface area contributed by atoms with Crippen LogP contribution in [0.5, 0.6) is 0 Å². The highest BCUT2D eigenvalue weighted by Gasteiger charge is 2.32. The molecule has 2 rings (SSSR count). The lowest BCUT2D eigenvalue weighted by atomic mass is 10.00. The minimum Gasteiger partial charge on any atom is -0.398 e. The van der Waals surface area contributed by atoms with Crippen LogP contribution in [0.15, 0.2) is 22.7 Å². The molecule has 1 heterocycles. The van der Waals surface area contributed by atoms with Crippen LogP contribution < -0.4 is 11.1 Å². The maximum atomic E-state index is 12.7. The summed E-state index contributed by atoms with van der Waals surface area (Å²) in [6.07, 6.45) is 2.57. The first-order valence-corrected chi connectivity index (χ1v) is 7.42. The molecule has 0 aliphatic carbocycles. The zero-order valence-corrected chi connectivity index (χ0v) is 12.9. The topological polar surface area (TPSA) is 75.4 Å². The lowest BCUT2D eigenvalue weighted by molar-refractivity contribution is -0.126. The van der Waals surface area contributed by atoms with Gasteiger partial charge in [-0.2, -0.15) is 0 Å². The smallest absolute Gasteiger partial charge is 0.255 e. The fourth-order valence-corrected chi connectivity index (χ4v) is 2.92. The number of hydrogen-bond donors (Lipinski definition) is 2. The number of hydrogen-bond acceptors (Lipinski definition) is 3. The molecule has 108 valence electrons. The van der Waals surface area contributed by atoms with Crippen LogP contribution in [-0.2, 0) is 4.79 Å². The number of nitrogen functional groups attached to an aromatic ring is 1. The van der Waals surface area contributed by atoms with Crippen LogP contribution in [0.1, 0.15) is 29.6 Å². The van der Waals surface area contributed by atoms with Crippen LogP contribution in [0.4, 0.5) is 5.69 Å². The Morgan fingerprint density at radius 2 is 2.15 bits per heavy atom. The summed E-state index contributed by atoms with van der Waals surface area (Å²) in [5.74, 6) is -0.268. The van der Waals surface area contributed by atoms with Crippen molar-refractivity contribution in [2.75, 3.05) is 19.3 Å². The van der Waals surface area contributed by atoms with Crippen LogP contribution in [0, 0.1) is 0 Å². The van der Waals surface area contributed by atoms with E-state index in [1.807, 2.05) is 0 Å². The van der Waals surface area contributed by atoms with E-state index in [0.717, 1.165) is 12.8 Å². The summed E-state index contributed by atoms with van der Waals surface area (Å²) in [5, 5.41) is 2.63. The molecule has 2 amide bonds. The largest absolute Gasteiger partial charge is 0.398 e. The molecular weight excluding hydrogens is 322 g/mol. The Kier molecular flexibility index (Phi) is 4.65. The highest BCUT2D eigenvalue weighted by atomic mass is 79.9. The highest BCUT2D eigenvalue weighted by molar-refractivity contribution is 9.10. The zero-order valence-electron chi connectivity index (χ0n) is 11.4. The van der Waals surface area contributed by atoms with Gasteiger partial charge in [0.25, 0.3) is 5.91 Å². The van der Waals surface area contributed by atoms with E-state index < -0.39 is 6.04 Å². The van der Waals surface area contributed by atoms with Crippen molar-refractivity contribution in [1.82, 2.24) is 10.2 Å². The third kappa shape index (κ3) is 2.80. The first kappa shape index (κ1) is 14.8. The van der Waals surface area contributed by atoms with Crippen LogP contribution >= 0.6 is 15.9 Å². The second-order valence-electron chi connectivity index (χ2n) is 4.83. The predicted molar refractivity (Wildman–Crippen MR) is 81.3 cm³/mol. The Morgan fingerprint density at radius 3 is 2.85 bits per heavy atom. The molecule has 1 unspecified atom stereocenters. The number of halogens is 1. The molecule has 0 spiro atoms. The first-order valence-electron chi connectivity index (χ1n) is 6.62. The van der Waals surface area contributed by atoms with E-state index in [2.05, 4.69) is 21.2 Å². The van der Waals surface area contributed by atoms with Crippen molar-refractivity contribution in [3.63, 3.8) is 0 Å². The van der Waals surface area contributed by atoms with E-state index in [1.54, 1.807) is 30.1 Å². The van der Waals surface area contributed by atoms with Gasteiger partial charge in [0, 0.05) is 19.3 Å². The summed E-state index contributed by atoms with van der Waals surface area (Å²) < 4.78 is 0.589. The molecule has 1 aromatic rings. The van der Waals surface area contributed by atoms with Crippen molar-refractivity contribution < 1.29 is 9.59 Å². The summed E-state index contributed by atoms with van der Waals surface area (Å²) in [6.45, 7) is 0.595. The second kappa shape index (κ2) is 6.26. The van der Waals surface area contributed by atoms with Gasteiger partial charge in [-0.1, -0.05) is 6.07 Å². The van der Waals surface area contributed by atoms with E-state index in [1.165, 1.54) is 0 Å². The van der Waals surface area contributed by atoms with Gasteiger partial charge in [0.15, 0.2) is 0 Å². The van der Waals surface area contributed by atoms with Crippen LogP contribution in [0.2, 0.25) is 0 Å². The fourth-order valence-electron chi connectivity index (χ4n) is 2.48. The van der Waals surface area contributed by atoms with Gasteiger partial charge in [-0.3, -0.25) is 9.59 Å². The standard InChI is InChI=1S/C14H18BrN3O2/c1-17-13(19)11-7-2-3-8-18(11)14(20)9-5-4-6-10(16)12(9)15/h4-6,11H,2-3,7-8,16H2,1H3,(H,17,19). The Hall–Kier alpha value is -1.56. The third-order valence-corrected chi connectivity index (χ3v) is 4.46. The van der Waals surface area contributed by atoms with Gasteiger partial charge in [0.05, 0.1) is 10.0 Å². The average Bonchev–Trinajstić information content (AvgIpc) is 2.48. The molecule has 1 aliphatic rings. The van der Waals surface area contributed by atoms with Crippen LogP contribution in [-0.4, -0.2) is 36.3 Å². The number of nitrogens with zero attached hydrogens (tertiary/aromatic N) is 1. The van der Waals surface area contributed by atoms with Crippen LogP contribution in [0.25, 0.3) is 0 Å². The molecule has 0 radical (unpaired) electrons. The molecule has 0 bridgehead atoms. The third-order valence-electron chi connectivity index (χ3n) is 3.57. The molecule has 0 aromatic heterocycles.